The molecule has 176 valence electrons. The molecule has 2 aliphatic carbocycles. The molecule has 3 aromatic rings. The maximum absolute atomic E-state index is 13.9. The van der Waals surface area contributed by atoms with E-state index >= 15 is 0 Å². The number of carbonyl (C=O) groups excluding carboxylic acids is 2. The van der Waals surface area contributed by atoms with Crippen LogP contribution in [0.4, 0.5) is 0 Å². The molecule has 2 N–H and O–H groups in total. The third kappa shape index (κ3) is 2.70. The molecule has 2 bridgehead atoms. The first-order valence-electron chi connectivity index (χ1n) is 11.6. The fourth-order valence-corrected chi connectivity index (χ4v) is 5.98. The van der Waals surface area contributed by atoms with Gasteiger partial charge in [-0.15, -0.1) is 0 Å². The second kappa shape index (κ2) is 7.26. The first-order chi connectivity index (χ1) is 16.1. The van der Waals surface area contributed by atoms with Crippen molar-refractivity contribution in [3.63, 3.8) is 0 Å². The summed E-state index contributed by atoms with van der Waals surface area (Å²) in [5.41, 5.74) is 9.59. The molecule has 7 heteroatoms. The highest BCUT2D eigenvalue weighted by Crippen LogP contribution is 2.70. The number of amides is 2. The molecule has 0 spiro atoms. The van der Waals surface area contributed by atoms with E-state index in [0.29, 0.717) is 17.7 Å². The molecule has 5 rings (SSSR count). The zero-order valence-corrected chi connectivity index (χ0v) is 20.5. The van der Waals surface area contributed by atoms with Gasteiger partial charge in [-0.1, -0.05) is 32.9 Å². The van der Waals surface area contributed by atoms with Crippen molar-refractivity contribution in [1.29, 1.82) is 0 Å². The van der Waals surface area contributed by atoms with Gasteiger partial charge in [0.2, 0.25) is 0 Å². The van der Waals surface area contributed by atoms with Gasteiger partial charge in [-0.3, -0.25) is 20.4 Å². The van der Waals surface area contributed by atoms with Crippen LogP contribution in [0.2, 0.25) is 0 Å². The average Bonchev–Trinajstić information content (AvgIpc) is 3.11. The fraction of sp³-hybridized carbons (Fsp3) is 0.407. The van der Waals surface area contributed by atoms with Gasteiger partial charge in [-0.05, 0) is 67.5 Å². The van der Waals surface area contributed by atoms with E-state index in [4.69, 9.17) is 14.7 Å². The van der Waals surface area contributed by atoms with Gasteiger partial charge in [-0.25, -0.2) is 9.97 Å². The monoisotopic (exact) mass is 458 g/mol. The Morgan fingerprint density at radius 3 is 2.18 bits per heavy atom. The predicted octanol–water partition coefficient (Wildman–Crippen LogP) is 4.05. The van der Waals surface area contributed by atoms with E-state index < -0.39 is 16.7 Å². The number of fused-ring (bicyclic) bond motifs is 6. The summed E-state index contributed by atoms with van der Waals surface area (Å²) >= 11 is 0. The van der Waals surface area contributed by atoms with Gasteiger partial charge in [0.1, 0.15) is 11.2 Å². The van der Waals surface area contributed by atoms with Crippen molar-refractivity contribution in [2.75, 3.05) is 7.11 Å². The lowest BCUT2D eigenvalue weighted by Crippen LogP contribution is -2.55. The molecule has 1 aromatic heterocycles. The Morgan fingerprint density at radius 1 is 0.912 bits per heavy atom. The van der Waals surface area contributed by atoms with Gasteiger partial charge >= 0.3 is 0 Å². The lowest BCUT2D eigenvalue weighted by atomic mass is 9.63. The van der Waals surface area contributed by atoms with E-state index in [1.165, 1.54) is 12.7 Å². The Kier molecular flexibility index (Phi) is 4.76. The number of carbonyl (C=O) groups is 2. The summed E-state index contributed by atoms with van der Waals surface area (Å²) in [6.07, 6.45) is 1.47. The molecule has 2 unspecified atom stereocenters. The molecule has 1 heterocycles. The Morgan fingerprint density at radius 2 is 1.53 bits per heavy atom. The second-order valence-electron chi connectivity index (χ2n) is 10.3. The minimum Gasteiger partial charge on any atom is -0.496 e. The first kappa shape index (κ1) is 22.3. The molecule has 0 aliphatic heterocycles. The van der Waals surface area contributed by atoms with E-state index in [-0.39, 0.29) is 11.3 Å². The van der Waals surface area contributed by atoms with E-state index in [9.17, 15) is 9.59 Å². The predicted molar refractivity (Wildman–Crippen MR) is 130 cm³/mol. The normalized spacial score (nSPS) is 24.1. The Bertz CT molecular complexity index is 1370. The Balaban J connectivity index is 1.55. The molecule has 1 saturated carbocycles. The second-order valence-corrected chi connectivity index (χ2v) is 10.3. The Labute approximate surface area is 199 Å². The summed E-state index contributed by atoms with van der Waals surface area (Å²) in [5, 5.41) is 0. The highest BCUT2D eigenvalue weighted by atomic mass is 16.5. The van der Waals surface area contributed by atoms with Crippen LogP contribution in [0.3, 0.4) is 0 Å². The van der Waals surface area contributed by atoms with Crippen LogP contribution in [0.1, 0.15) is 66.5 Å². The van der Waals surface area contributed by atoms with E-state index in [1.807, 2.05) is 6.07 Å². The molecule has 0 saturated heterocycles. The number of rotatable bonds is 3. The summed E-state index contributed by atoms with van der Waals surface area (Å²) in [6, 6.07) is 11.0. The smallest absolute Gasteiger partial charge is 0.273 e. The molecule has 7 nitrogen and oxygen atoms in total. The van der Waals surface area contributed by atoms with Gasteiger partial charge in [0, 0.05) is 5.41 Å². The zero-order valence-electron chi connectivity index (χ0n) is 20.5. The number of para-hydroxylation sites is 1. The molecular weight excluding hydrogens is 428 g/mol. The number of nitrogens with zero attached hydrogens (tertiary/aromatic N) is 2. The number of aryl methyl sites for hydroxylation is 2. The molecule has 0 radical (unpaired) electrons. The number of ether oxygens (including phenoxy) is 1. The third-order valence-corrected chi connectivity index (χ3v) is 8.68. The van der Waals surface area contributed by atoms with Crippen molar-refractivity contribution in [3.8, 4) is 5.75 Å². The number of hydrogen-bond acceptors (Lipinski definition) is 5. The summed E-state index contributed by atoms with van der Waals surface area (Å²) in [6.45, 7) is 10.5. The number of hydrazine groups is 1. The summed E-state index contributed by atoms with van der Waals surface area (Å²) < 4.78 is 5.28. The summed E-state index contributed by atoms with van der Waals surface area (Å²) in [5.74, 6) is -0.259. The first-order valence-corrected chi connectivity index (χ1v) is 11.6. The van der Waals surface area contributed by atoms with Crippen LogP contribution in [0.15, 0.2) is 36.4 Å². The number of hydrogen-bond donors (Lipinski definition) is 2. The third-order valence-electron chi connectivity index (χ3n) is 8.68. The molecule has 2 amide bonds. The molecule has 2 aliphatic rings. The number of methoxy groups -OCH3 is 1. The van der Waals surface area contributed by atoms with Crippen molar-refractivity contribution < 1.29 is 14.3 Å². The molecule has 34 heavy (non-hydrogen) atoms. The van der Waals surface area contributed by atoms with Crippen LogP contribution < -0.4 is 15.6 Å². The molecule has 2 atom stereocenters. The largest absolute Gasteiger partial charge is 0.496 e. The van der Waals surface area contributed by atoms with Crippen molar-refractivity contribution in [2.24, 2.45) is 5.41 Å². The van der Waals surface area contributed by atoms with Gasteiger partial charge in [0.15, 0.2) is 0 Å². The Hall–Kier alpha value is -3.48. The zero-order chi connectivity index (χ0) is 24.5. The van der Waals surface area contributed by atoms with E-state index in [1.54, 1.807) is 24.3 Å². The van der Waals surface area contributed by atoms with Crippen LogP contribution in [-0.2, 0) is 15.6 Å². The lowest BCUT2D eigenvalue weighted by molar-refractivity contribution is -0.131. The van der Waals surface area contributed by atoms with E-state index in [2.05, 4.69) is 51.5 Å². The van der Waals surface area contributed by atoms with Crippen LogP contribution in [-0.4, -0.2) is 28.9 Å². The molecule has 2 aromatic carbocycles. The quantitative estimate of drug-likeness (QED) is 0.578. The standard InChI is InChI=1S/C27H30N4O3/c1-15-13-18-19(14-16(15)2)29-22-21(28-18)26(5)11-12-27(22,25(26,3)4)24(33)31-30-23(32)17-9-7-8-10-20(17)34-6/h7-10,13-14H,11-12H2,1-6H3,(H,30,32)(H,31,33). The lowest BCUT2D eigenvalue weighted by Gasteiger charge is -2.39. The van der Waals surface area contributed by atoms with Gasteiger partial charge < -0.3 is 4.74 Å². The minimum absolute atomic E-state index is 0.263. The summed E-state index contributed by atoms with van der Waals surface area (Å²) in [7, 11) is 1.51. The van der Waals surface area contributed by atoms with Crippen molar-refractivity contribution in [2.45, 2.75) is 58.3 Å². The number of nitrogens with one attached hydrogen (secondary N) is 2. The SMILES string of the molecule is COc1ccccc1C(=O)NNC(=O)C12CCC(C)(c3nc4cc(C)c(C)cc4nc31)C2(C)C. The van der Waals surface area contributed by atoms with Gasteiger partial charge in [-0.2, -0.15) is 0 Å². The van der Waals surface area contributed by atoms with Crippen molar-refractivity contribution in [3.05, 3.63) is 64.5 Å². The van der Waals surface area contributed by atoms with Crippen LogP contribution in [0.25, 0.3) is 11.0 Å². The van der Waals surface area contributed by atoms with Gasteiger partial charge in [0.05, 0.1) is 35.1 Å². The van der Waals surface area contributed by atoms with Crippen LogP contribution in [0.5, 0.6) is 5.75 Å². The maximum Gasteiger partial charge on any atom is 0.273 e. The molecular formula is C27H30N4O3. The molecule has 1 fully saturated rings. The minimum atomic E-state index is -0.898. The van der Waals surface area contributed by atoms with E-state index in [0.717, 1.165) is 34.4 Å². The van der Waals surface area contributed by atoms with Crippen molar-refractivity contribution >= 4 is 22.8 Å². The average molecular weight is 459 g/mol. The highest BCUT2D eigenvalue weighted by Gasteiger charge is 2.73. The maximum atomic E-state index is 13.9. The fourth-order valence-electron chi connectivity index (χ4n) is 5.98. The van der Waals surface area contributed by atoms with Crippen LogP contribution >= 0.6 is 0 Å². The summed E-state index contributed by atoms with van der Waals surface area (Å²) in [4.78, 5) is 36.8. The number of aromatic nitrogens is 2. The topological polar surface area (TPSA) is 93.2 Å². The van der Waals surface area contributed by atoms with Gasteiger partial charge in [0.25, 0.3) is 11.8 Å². The highest BCUT2D eigenvalue weighted by molar-refractivity contribution is 5.99. The number of benzene rings is 2. The van der Waals surface area contributed by atoms with Crippen molar-refractivity contribution in [1.82, 2.24) is 20.8 Å². The van der Waals surface area contributed by atoms with Crippen LogP contribution in [0, 0.1) is 19.3 Å².